The molecule has 0 heterocycles. The summed E-state index contributed by atoms with van der Waals surface area (Å²) in [4.78, 5) is 12.5. The fraction of sp³-hybridized carbons (Fsp3) is 0.500. The van der Waals surface area contributed by atoms with E-state index in [2.05, 4.69) is 0 Å². The molecular formula is C12H18N2O4. The fourth-order valence-corrected chi connectivity index (χ4v) is 1.69. The van der Waals surface area contributed by atoms with Gasteiger partial charge in [0.2, 0.25) is 0 Å². The van der Waals surface area contributed by atoms with Gasteiger partial charge in [0.25, 0.3) is 5.69 Å². The first kappa shape index (κ1) is 14.2. The quantitative estimate of drug-likeness (QED) is 0.550. The molecule has 6 heteroatoms. The first-order valence-corrected chi connectivity index (χ1v) is 5.70. The third-order valence-corrected chi connectivity index (χ3v) is 2.67. The van der Waals surface area contributed by atoms with E-state index < -0.39 is 0 Å². The average molecular weight is 254 g/mol. The monoisotopic (exact) mass is 254 g/mol. The van der Waals surface area contributed by atoms with E-state index in [1.165, 1.54) is 13.2 Å². The molecule has 0 saturated heterocycles. The van der Waals surface area contributed by atoms with Gasteiger partial charge in [-0.05, 0) is 13.0 Å². The number of hydrogen-bond donors (Lipinski definition) is 0. The summed E-state index contributed by atoms with van der Waals surface area (Å²) in [5, 5.41) is 11.0. The Kier molecular flexibility index (Phi) is 5.38. The minimum Gasteiger partial charge on any atom is -0.497 e. The Balaban J connectivity index is 3.11. The van der Waals surface area contributed by atoms with Crippen LogP contribution in [-0.2, 0) is 4.74 Å². The Morgan fingerprint density at radius 1 is 1.39 bits per heavy atom. The number of nitro benzene ring substituents is 1. The lowest BCUT2D eigenvalue weighted by molar-refractivity contribution is -0.384. The largest absolute Gasteiger partial charge is 0.497 e. The average Bonchev–Trinajstić information content (AvgIpc) is 2.39. The van der Waals surface area contributed by atoms with Gasteiger partial charge in [-0.3, -0.25) is 10.1 Å². The predicted molar refractivity (Wildman–Crippen MR) is 69.4 cm³/mol. The molecule has 0 unspecified atom stereocenters. The van der Waals surface area contributed by atoms with Crippen LogP contribution in [0.5, 0.6) is 5.75 Å². The van der Waals surface area contributed by atoms with E-state index in [0.29, 0.717) is 31.1 Å². The molecule has 0 saturated carbocycles. The van der Waals surface area contributed by atoms with Gasteiger partial charge in [0.1, 0.15) is 11.4 Å². The molecule has 0 fully saturated rings. The summed E-state index contributed by atoms with van der Waals surface area (Å²) in [6.07, 6.45) is 0. The Bertz CT molecular complexity index is 409. The molecule has 1 rings (SSSR count). The molecule has 0 aromatic heterocycles. The maximum Gasteiger partial charge on any atom is 0.292 e. The van der Waals surface area contributed by atoms with Gasteiger partial charge in [0.15, 0.2) is 0 Å². The van der Waals surface area contributed by atoms with E-state index in [9.17, 15) is 10.1 Å². The number of anilines is 1. The highest BCUT2D eigenvalue weighted by Gasteiger charge is 2.19. The Labute approximate surface area is 106 Å². The molecule has 0 radical (unpaired) electrons. The first-order chi connectivity index (χ1) is 8.63. The van der Waals surface area contributed by atoms with E-state index in [-0.39, 0.29) is 10.6 Å². The van der Waals surface area contributed by atoms with Crippen LogP contribution in [0.3, 0.4) is 0 Å². The van der Waals surface area contributed by atoms with Crippen molar-refractivity contribution in [2.24, 2.45) is 0 Å². The molecular weight excluding hydrogens is 236 g/mol. The summed E-state index contributed by atoms with van der Waals surface area (Å²) < 4.78 is 10.1. The SMILES string of the molecule is CCN(CCOC)c1cc(OC)ccc1[N+](=O)[O-]. The van der Waals surface area contributed by atoms with Crippen molar-refractivity contribution in [1.82, 2.24) is 0 Å². The smallest absolute Gasteiger partial charge is 0.292 e. The van der Waals surface area contributed by atoms with Gasteiger partial charge in [-0.25, -0.2) is 0 Å². The van der Waals surface area contributed by atoms with Gasteiger partial charge in [-0.15, -0.1) is 0 Å². The zero-order valence-corrected chi connectivity index (χ0v) is 10.9. The van der Waals surface area contributed by atoms with Gasteiger partial charge in [0.05, 0.1) is 18.6 Å². The Morgan fingerprint density at radius 2 is 2.11 bits per heavy atom. The second-order valence-corrected chi connectivity index (χ2v) is 3.68. The van der Waals surface area contributed by atoms with Crippen LogP contribution in [0.25, 0.3) is 0 Å². The van der Waals surface area contributed by atoms with Crippen LogP contribution in [0.4, 0.5) is 11.4 Å². The van der Waals surface area contributed by atoms with Crippen LogP contribution >= 0.6 is 0 Å². The highest BCUT2D eigenvalue weighted by Crippen LogP contribution is 2.31. The molecule has 0 aliphatic carbocycles. The van der Waals surface area contributed by atoms with Crippen LogP contribution in [0.1, 0.15) is 6.92 Å². The van der Waals surface area contributed by atoms with Crippen molar-refractivity contribution in [3.63, 3.8) is 0 Å². The lowest BCUT2D eigenvalue weighted by Crippen LogP contribution is -2.27. The molecule has 0 atom stereocenters. The third kappa shape index (κ3) is 3.33. The van der Waals surface area contributed by atoms with Crippen molar-refractivity contribution < 1.29 is 14.4 Å². The van der Waals surface area contributed by atoms with Gasteiger partial charge >= 0.3 is 0 Å². The van der Waals surface area contributed by atoms with E-state index in [4.69, 9.17) is 9.47 Å². The topological polar surface area (TPSA) is 64.8 Å². The molecule has 1 aromatic carbocycles. The molecule has 0 aliphatic heterocycles. The molecule has 1 aromatic rings. The van der Waals surface area contributed by atoms with Crippen molar-refractivity contribution in [1.29, 1.82) is 0 Å². The summed E-state index contributed by atoms with van der Waals surface area (Å²) in [7, 11) is 3.14. The molecule has 0 N–H and O–H groups in total. The zero-order chi connectivity index (χ0) is 13.5. The van der Waals surface area contributed by atoms with Crippen molar-refractivity contribution in [3.05, 3.63) is 28.3 Å². The Morgan fingerprint density at radius 3 is 2.61 bits per heavy atom. The maximum atomic E-state index is 11.0. The van der Waals surface area contributed by atoms with Crippen molar-refractivity contribution in [2.45, 2.75) is 6.92 Å². The fourth-order valence-electron chi connectivity index (χ4n) is 1.69. The lowest BCUT2D eigenvalue weighted by atomic mass is 10.2. The van der Waals surface area contributed by atoms with Crippen LogP contribution in [0, 0.1) is 10.1 Å². The second-order valence-electron chi connectivity index (χ2n) is 3.68. The van der Waals surface area contributed by atoms with Crippen molar-refractivity contribution >= 4 is 11.4 Å². The predicted octanol–water partition coefficient (Wildman–Crippen LogP) is 2.08. The molecule has 0 amide bonds. The van der Waals surface area contributed by atoms with Gasteiger partial charge in [-0.1, -0.05) is 0 Å². The third-order valence-electron chi connectivity index (χ3n) is 2.67. The van der Waals surface area contributed by atoms with Crippen LogP contribution in [-0.4, -0.2) is 38.8 Å². The molecule has 18 heavy (non-hydrogen) atoms. The standard InChI is InChI=1S/C12H18N2O4/c1-4-13(7-8-17-2)12-9-10(18-3)5-6-11(12)14(15)16/h5-6,9H,4,7-8H2,1-3H3. The van der Waals surface area contributed by atoms with E-state index in [1.54, 1.807) is 19.2 Å². The minimum absolute atomic E-state index is 0.0775. The number of rotatable bonds is 7. The van der Waals surface area contributed by atoms with Crippen LogP contribution in [0.2, 0.25) is 0 Å². The summed E-state index contributed by atoms with van der Waals surface area (Å²) in [5.74, 6) is 0.603. The summed E-state index contributed by atoms with van der Waals surface area (Å²) >= 11 is 0. The van der Waals surface area contributed by atoms with Crippen LogP contribution < -0.4 is 9.64 Å². The van der Waals surface area contributed by atoms with Gasteiger partial charge in [-0.2, -0.15) is 0 Å². The number of hydrogen-bond acceptors (Lipinski definition) is 5. The molecule has 100 valence electrons. The minimum atomic E-state index is -0.385. The number of methoxy groups -OCH3 is 2. The first-order valence-electron chi connectivity index (χ1n) is 5.70. The lowest BCUT2D eigenvalue weighted by Gasteiger charge is -2.22. The number of nitro groups is 1. The molecule has 0 bridgehead atoms. The van der Waals surface area contributed by atoms with Crippen LogP contribution in [0.15, 0.2) is 18.2 Å². The maximum absolute atomic E-state index is 11.0. The number of likely N-dealkylation sites (N-methyl/N-ethyl adjacent to an activating group) is 1. The highest BCUT2D eigenvalue weighted by atomic mass is 16.6. The van der Waals surface area contributed by atoms with E-state index in [1.807, 2.05) is 11.8 Å². The summed E-state index contributed by atoms with van der Waals surface area (Å²) in [6, 6.07) is 4.73. The summed E-state index contributed by atoms with van der Waals surface area (Å²) in [5.41, 5.74) is 0.632. The van der Waals surface area contributed by atoms with E-state index >= 15 is 0 Å². The zero-order valence-electron chi connectivity index (χ0n) is 10.9. The summed E-state index contributed by atoms with van der Waals surface area (Å²) in [6.45, 7) is 3.72. The molecule has 6 nitrogen and oxygen atoms in total. The number of benzene rings is 1. The molecule has 0 aliphatic rings. The van der Waals surface area contributed by atoms with Gasteiger partial charge in [0, 0.05) is 32.3 Å². The van der Waals surface area contributed by atoms with Crippen molar-refractivity contribution in [3.8, 4) is 5.75 Å². The number of ether oxygens (including phenoxy) is 2. The highest BCUT2D eigenvalue weighted by molar-refractivity contribution is 5.65. The second kappa shape index (κ2) is 6.80. The normalized spacial score (nSPS) is 10.2. The van der Waals surface area contributed by atoms with Crippen molar-refractivity contribution in [2.75, 3.05) is 38.8 Å². The number of nitrogens with zero attached hydrogens (tertiary/aromatic N) is 2. The Hall–Kier alpha value is -1.82. The van der Waals surface area contributed by atoms with Gasteiger partial charge < -0.3 is 14.4 Å². The molecule has 0 spiro atoms. The van der Waals surface area contributed by atoms with E-state index in [0.717, 1.165) is 0 Å².